The van der Waals surface area contributed by atoms with Gasteiger partial charge in [0.05, 0.1) is 31.5 Å². The molecule has 1 aliphatic heterocycles. The predicted molar refractivity (Wildman–Crippen MR) is 89.6 cm³/mol. The van der Waals surface area contributed by atoms with Gasteiger partial charge in [0.15, 0.2) is 12.1 Å². The van der Waals surface area contributed by atoms with Crippen LogP contribution < -0.4 is 4.74 Å². The molecule has 0 N–H and O–H groups in total. The van der Waals surface area contributed by atoms with E-state index in [2.05, 4.69) is 5.16 Å². The van der Waals surface area contributed by atoms with E-state index >= 15 is 0 Å². The molecule has 0 bridgehead atoms. The Morgan fingerprint density at radius 2 is 1.96 bits per heavy atom. The fourth-order valence-corrected chi connectivity index (χ4v) is 3.56. The van der Waals surface area contributed by atoms with Crippen LogP contribution in [0.4, 0.5) is 0 Å². The fourth-order valence-electron chi connectivity index (χ4n) is 3.56. The summed E-state index contributed by atoms with van der Waals surface area (Å²) in [5.74, 6) is 1.61. The number of rotatable bonds is 3. The molecule has 1 aromatic heterocycles. The second-order valence-electron chi connectivity index (χ2n) is 6.62. The maximum Gasteiger partial charge on any atom is 0.184 e. The van der Waals surface area contributed by atoms with Crippen molar-refractivity contribution in [2.24, 2.45) is 5.92 Å². The van der Waals surface area contributed by atoms with E-state index in [1.807, 2.05) is 25.1 Å². The van der Waals surface area contributed by atoms with Crippen molar-refractivity contribution in [2.75, 3.05) is 20.3 Å². The van der Waals surface area contributed by atoms with E-state index < -0.39 is 6.29 Å². The quantitative estimate of drug-likeness (QED) is 0.849. The van der Waals surface area contributed by atoms with Crippen molar-refractivity contribution < 1.29 is 23.5 Å². The summed E-state index contributed by atoms with van der Waals surface area (Å²) in [6, 6.07) is 5.65. The summed E-state index contributed by atoms with van der Waals surface area (Å²) in [6.07, 6.45) is 1.59. The highest BCUT2D eigenvalue weighted by Gasteiger charge is 2.34. The number of aromatic nitrogens is 1. The van der Waals surface area contributed by atoms with Crippen molar-refractivity contribution >= 4 is 5.78 Å². The first-order valence-corrected chi connectivity index (χ1v) is 8.61. The van der Waals surface area contributed by atoms with Crippen LogP contribution in [-0.4, -0.2) is 31.3 Å². The lowest BCUT2D eigenvalue weighted by Crippen LogP contribution is -2.19. The smallest absolute Gasteiger partial charge is 0.184 e. The minimum atomic E-state index is -0.496. The van der Waals surface area contributed by atoms with Crippen LogP contribution in [0.25, 0.3) is 11.3 Å². The third-order valence-electron chi connectivity index (χ3n) is 4.71. The lowest BCUT2D eigenvalue weighted by Gasteiger charge is -2.26. The minimum absolute atomic E-state index is 0.0623. The largest absolute Gasteiger partial charge is 0.496 e. The highest BCUT2D eigenvalue weighted by atomic mass is 16.7. The average molecular weight is 343 g/mol. The molecule has 0 amide bonds. The third kappa shape index (κ3) is 2.85. The Hall–Kier alpha value is -2.18. The zero-order valence-corrected chi connectivity index (χ0v) is 14.4. The van der Waals surface area contributed by atoms with Crippen LogP contribution in [-0.2, 0) is 15.9 Å². The summed E-state index contributed by atoms with van der Waals surface area (Å²) in [6.45, 7) is 3.31. The van der Waals surface area contributed by atoms with Gasteiger partial charge in [-0.2, -0.15) is 0 Å². The van der Waals surface area contributed by atoms with Gasteiger partial charge in [-0.15, -0.1) is 0 Å². The summed E-state index contributed by atoms with van der Waals surface area (Å²) in [5.41, 5.74) is 2.61. The molecule has 1 atom stereocenters. The van der Waals surface area contributed by atoms with E-state index in [4.69, 9.17) is 18.7 Å². The number of Topliss-reactive ketones (excluding diaryl/α,β-unsaturated/α-hetero) is 1. The van der Waals surface area contributed by atoms with E-state index in [1.54, 1.807) is 7.11 Å². The molecule has 25 heavy (non-hydrogen) atoms. The maximum atomic E-state index is 12.6. The molecule has 1 unspecified atom stereocenters. The van der Waals surface area contributed by atoms with E-state index in [0.29, 0.717) is 48.0 Å². The molecular weight excluding hydrogens is 322 g/mol. The number of benzene rings is 1. The van der Waals surface area contributed by atoms with E-state index in [9.17, 15) is 4.79 Å². The van der Waals surface area contributed by atoms with Gasteiger partial charge in [0.2, 0.25) is 0 Å². The normalized spacial score (nSPS) is 21.2. The molecule has 1 saturated heterocycles. The highest BCUT2D eigenvalue weighted by molar-refractivity contribution is 6.04. The Morgan fingerprint density at radius 3 is 2.72 bits per heavy atom. The SMILES string of the molecule is COc1cccc(C2OCCCO2)c1-c1noc2c1C(=O)CC(C)C2. The number of carbonyl (C=O) groups is 1. The van der Waals surface area contributed by atoms with Crippen LogP contribution in [0.1, 0.15) is 47.7 Å². The second kappa shape index (κ2) is 6.61. The zero-order chi connectivity index (χ0) is 17.4. The lowest BCUT2D eigenvalue weighted by molar-refractivity contribution is -0.182. The van der Waals surface area contributed by atoms with Gasteiger partial charge >= 0.3 is 0 Å². The first-order chi connectivity index (χ1) is 12.2. The van der Waals surface area contributed by atoms with Crippen molar-refractivity contribution in [3.05, 3.63) is 35.1 Å². The Labute approximate surface area is 146 Å². The topological polar surface area (TPSA) is 70.8 Å². The molecule has 132 valence electrons. The Balaban J connectivity index is 1.87. The van der Waals surface area contributed by atoms with Gasteiger partial charge in [-0.05, 0) is 18.4 Å². The molecule has 2 heterocycles. The number of hydrogen-bond acceptors (Lipinski definition) is 6. The van der Waals surface area contributed by atoms with Gasteiger partial charge in [0.25, 0.3) is 0 Å². The van der Waals surface area contributed by atoms with Crippen molar-refractivity contribution in [2.45, 2.75) is 32.5 Å². The van der Waals surface area contributed by atoms with Crippen LogP contribution in [0.5, 0.6) is 5.75 Å². The molecule has 0 saturated carbocycles. The van der Waals surface area contributed by atoms with Crippen molar-refractivity contribution in [3.8, 4) is 17.0 Å². The zero-order valence-electron chi connectivity index (χ0n) is 14.4. The van der Waals surface area contributed by atoms with Crippen LogP contribution in [0.15, 0.2) is 22.7 Å². The van der Waals surface area contributed by atoms with Gasteiger partial charge in [-0.3, -0.25) is 4.79 Å². The molecule has 1 aromatic carbocycles. The molecule has 4 rings (SSSR count). The molecule has 1 aliphatic carbocycles. The molecule has 0 radical (unpaired) electrons. The third-order valence-corrected chi connectivity index (χ3v) is 4.71. The van der Waals surface area contributed by atoms with Gasteiger partial charge in [0, 0.05) is 18.4 Å². The predicted octanol–water partition coefficient (Wildman–Crippen LogP) is 3.55. The summed E-state index contributed by atoms with van der Waals surface area (Å²) < 4.78 is 22.6. The number of methoxy groups -OCH3 is 1. The van der Waals surface area contributed by atoms with Crippen LogP contribution >= 0.6 is 0 Å². The Bertz CT molecular complexity index is 791. The highest BCUT2D eigenvalue weighted by Crippen LogP contribution is 2.42. The summed E-state index contributed by atoms with van der Waals surface area (Å²) in [4.78, 5) is 12.6. The van der Waals surface area contributed by atoms with Crippen LogP contribution in [0.3, 0.4) is 0 Å². The average Bonchev–Trinajstić information content (AvgIpc) is 3.05. The Morgan fingerprint density at radius 1 is 1.16 bits per heavy atom. The Kier molecular flexibility index (Phi) is 4.31. The standard InChI is InChI=1S/C19H21NO5/c1-11-9-13(21)17-15(10-11)25-20-18(17)16-12(5-3-6-14(16)22-2)19-23-7-4-8-24-19/h3,5-6,11,19H,4,7-10H2,1-2H3. The van der Waals surface area contributed by atoms with Crippen molar-refractivity contribution in [3.63, 3.8) is 0 Å². The number of fused-ring (bicyclic) bond motifs is 1. The number of nitrogens with zero attached hydrogens (tertiary/aromatic N) is 1. The monoisotopic (exact) mass is 343 g/mol. The van der Waals surface area contributed by atoms with Gasteiger partial charge in [-0.25, -0.2) is 0 Å². The number of ether oxygens (including phenoxy) is 3. The molecule has 2 aromatic rings. The van der Waals surface area contributed by atoms with Gasteiger partial charge in [-0.1, -0.05) is 24.2 Å². The molecule has 1 fully saturated rings. The lowest BCUT2D eigenvalue weighted by atomic mass is 9.85. The molecule has 0 spiro atoms. The van der Waals surface area contributed by atoms with Gasteiger partial charge in [0.1, 0.15) is 17.2 Å². The van der Waals surface area contributed by atoms with Crippen molar-refractivity contribution in [1.82, 2.24) is 5.16 Å². The minimum Gasteiger partial charge on any atom is -0.496 e. The summed E-state index contributed by atoms with van der Waals surface area (Å²) >= 11 is 0. The van der Waals surface area contributed by atoms with E-state index in [-0.39, 0.29) is 11.7 Å². The van der Waals surface area contributed by atoms with Crippen LogP contribution in [0.2, 0.25) is 0 Å². The van der Waals surface area contributed by atoms with E-state index in [1.165, 1.54) is 0 Å². The molecule has 2 aliphatic rings. The molecule has 6 heteroatoms. The van der Waals surface area contributed by atoms with E-state index in [0.717, 1.165) is 18.4 Å². The van der Waals surface area contributed by atoms with Gasteiger partial charge < -0.3 is 18.7 Å². The summed E-state index contributed by atoms with van der Waals surface area (Å²) in [5, 5.41) is 4.23. The first kappa shape index (κ1) is 16.3. The second-order valence-corrected chi connectivity index (χ2v) is 6.62. The molecule has 6 nitrogen and oxygen atoms in total. The van der Waals surface area contributed by atoms with Crippen molar-refractivity contribution in [1.29, 1.82) is 0 Å². The van der Waals surface area contributed by atoms with Crippen LogP contribution in [0, 0.1) is 5.92 Å². The number of carbonyl (C=O) groups excluding carboxylic acids is 1. The fraction of sp³-hybridized carbons (Fsp3) is 0.474. The first-order valence-electron chi connectivity index (χ1n) is 8.61. The number of hydrogen-bond donors (Lipinski definition) is 0. The number of ketones is 1. The maximum absolute atomic E-state index is 12.6. The summed E-state index contributed by atoms with van der Waals surface area (Å²) in [7, 11) is 1.60. The molecular formula is C19H21NO5.